The van der Waals surface area contributed by atoms with Gasteiger partial charge in [-0.25, -0.2) is 13.6 Å². The van der Waals surface area contributed by atoms with Gasteiger partial charge < -0.3 is 9.88 Å². The third-order valence-corrected chi connectivity index (χ3v) is 5.36. The molecule has 2 rings (SSSR count). The molecule has 0 radical (unpaired) electrons. The highest BCUT2D eigenvalue weighted by Crippen LogP contribution is 2.20. The van der Waals surface area contributed by atoms with Crippen molar-refractivity contribution in [2.45, 2.75) is 45.1 Å². The second kappa shape index (κ2) is 8.16. The van der Waals surface area contributed by atoms with Crippen LogP contribution in [-0.4, -0.2) is 31.9 Å². The highest BCUT2D eigenvalue weighted by atomic mass is 32.2. The van der Waals surface area contributed by atoms with E-state index in [2.05, 4.69) is 23.7 Å². The highest BCUT2D eigenvalue weighted by molar-refractivity contribution is 7.89. The Kier molecular flexibility index (Phi) is 6.39. The summed E-state index contributed by atoms with van der Waals surface area (Å²) in [6.07, 6.45) is 0.698. The van der Waals surface area contributed by atoms with Crippen LogP contribution in [0.4, 0.5) is 0 Å². The van der Waals surface area contributed by atoms with Crippen LogP contribution in [0, 0.1) is 13.8 Å². The molecule has 2 aromatic rings. The Balaban J connectivity index is 1.88. The van der Waals surface area contributed by atoms with E-state index in [1.165, 1.54) is 12.1 Å². The molecule has 0 amide bonds. The van der Waals surface area contributed by atoms with Crippen molar-refractivity contribution in [1.82, 2.24) is 9.88 Å². The number of carbonyl (C=O) groups is 1. The maximum Gasteiger partial charge on any atom is 0.238 e. The standard InChI is InChI=1S/C19H27N3O3S/c1-13(2)22-14(3)11-18(15(22)4)19(23)12-21-10-9-16-5-7-17(8-6-16)26(20,24)25/h5-8,11,13,21H,9-10,12H2,1-4H3,(H2,20,24,25). The Bertz CT molecular complexity index is 881. The van der Waals surface area contributed by atoms with Gasteiger partial charge in [0.25, 0.3) is 0 Å². The van der Waals surface area contributed by atoms with E-state index in [1.807, 2.05) is 19.9 Å². The number of Topliss-reactive ketones (excluding diaryl/α,β-unsaturated/α-hetero) is 1. The minimum Gasteiger partial charge on any atom is -0.346 e. The number of hydrogen-bond donors (Lipinski definition) is 2. The number of primary sulfonamides is 1. The lowest BCUT2D eigenvalue weighted by molar-refractivity contribution is 0.0990. The molecular formula is C19H27N3O3S. The minimum atomic E-state index is -3.66. The topological polar surface area (TPSA) is 94.2 Å². The molecule has 26 heavy (non-hydrogen) atoms. The van der Waals surface area contributed by atoms with Gasteiger partial charge in [-0.05, 0) is 64.4 Å². The number of ketones is 1. The monoisotopic (exact) mass is 377 g/mol. The van der Waals surface area contributed by atoms with E-state index in [9.17, 15) is 13.2 Å². The molecule has 0 aliphatic heterocycles. The van der Waals surface area contributed by atoms with Gasteiger partial charge in [0.1, 0.15) is 0 Å². The zero-order chi connectivity index (χ0) is 19.5. The van der Waals surface area contributed by atoms with Crippen LogP contribution in [0.3, 0.4) is 0 Å². The van der Waals surface area contributed by atoms with Gasteiger partial charge in [-0.2, -0.15) is 0 Å². The van der Waals surface area contributed by atoms with E-state index in [0.717, 1.165) is 22.5 Å². The number of aryl methyl sites for hydroxylation is 1. The average molecular weight is 378 g/mol. The number of rotatable bonds is 8. The van der Waals surface area contributed by atoms with Crippen LogP contribution < -0.4 is 10.5 Å². The normalized spacial score (nSPS) is 11.9. The van der Waals surface area contributed by atoms with Crippen molar-refractivity contribution < 1.29 is 13.2 Å². The van der Waals surface area contributed by atoms with Crippen LogP contribution >= 0.6 is 0 Å². The predicted octanol–water partition coefficient (Wildman–Crippen LogP) is 2.35. The van der Waals surface area contributed by atoms with E-state index < -0.39 is 10.0 Å². The molecular weight excluding hydrogens is 350 g/mol. The Morgan fingerprint density at radius 1 is 1.19 bits per heavy atom. The van der Waals surface area contributed by atoms with Crippen molar-refractivity contribution in [3.05, 3.63) is 52.8 Å². The van der Waals surface area contributed by atoms with Crippen molar-refractivity contribution in [3.63, 3.8) is 0 Å². The van der Waals surface area contributed by atoms with Gasteiger partial charge in [0.05, 0.1) is 11.4 Å². The van der Waals surface area contributed by atoms with Crippen LogP contribution in [-0.2, 0) is 16.4 Å². The molecule has 0 saturated carbocycles. The molecule has 0 spiro atoms. The van der Waals surface area contributed by atoms with Gasteiger partial charge in [0.15, 0.2) is 5.78 Å². The molecule has 7 heteroatoms. The van der Waals surface area contributed by atoms with Crippen LogP contribution in [0.15, 0.2) is 35.2 Å². The van der Waals surface area contributed by atoms with Crippen molar-refractivity contribution >= 4 is 15.8 Å². The lowest BCUT2D eigenvalue weighted by Gasteiger charge is -2.13. The molecule has 0 saturated heterocycles. The van der Waals surface area contributed by atoms with Gasteiger partial charge in [-0.15, -0.1) is 0 Å². The smallest absolute Gasteiger partial charge is 0.238 e. The molecule has 1 heterocycles. The Labute approximate surface area is 155 Å². The molecule has 0 atom stereocenters. The zero-order valence-corrected chi connectivity index (χ0v) is 16.6. The lowest BCUT2D eigenvalue weighted by atomic mass is 10.1. The van der Waals surface area contributed by atoms with Crippen molar-refractivity contribution in [2.24, 2.45) is 5.14 Å². The van der Waals surface area contributed by atoms with E-state index in [-0.39, 0.29) is 17.2 Å². The Morgan fingerprint density at radius 3 is 2.31 bits per heavy atom. The molecule has 6 nitrogen and oxygen atoms in total. The number of nitrogens with two attached hydrogens (primary N) is 1. The quantitative estimate of drug-likeness (QED) is 0.545. The fourth-order valence-corrected chi connectivity index (χ4v) is 3.75. The predicted molar refractivity (Wildman–Crippen MR) is 103 cm³/mol. The number of aromatic nitrogens is 1. The summed E-state index contributed by atoms with van der Waals surface area (Å²) in [5, 5.41) is 8.24. The number of nitrogens with one attached hydrogen (secondary N) is 1. The van der Waals surface area contributed by atoms with Crippen LogP contribution in [0.25, 0.3) is 0 Å². The molecule has 0 aliphatic rings. The maximum atomic E-state index is 12.5. The third-order valence-electron chi connectivity index (χ3n) is 4.43. The highest BCUT2D eigenvalue weighted by Gasteiger charge is 2.16. The van der Waals surface area contributed by atoms with Gasteiger partial charge in [0, 0.05) is 23.0 Å². The summed E-state index contributed by atoms with van der Waals surface area (Å²) < 4.78 is 24.6. The Morgan fingerprint density at radius 2 is 1.81 bits per heavy atom. The first kappa shape index (κ1) is 20.4. The van der Waals surface area contributed by atoms with Crippen molar-refractivity contribution in [2.75, 3.05) is 13.1 Å². The SMILES string of the molecule is Cc1cc(C(=O)CNCCc2ccc(S(N)(=O)=O)cc2)c(C)n1C(C)C. The number of nitrogens with zero attached hydrogens (tertiary/aromatic N) is 1. The summed E-state index contributed by atoms with van der Waals surface area (Å²) in [6, 6.07) is 8.74. The van der Waals surface area contributed by atoms with E-state index in [1.54, 1.807) is 12.1 Å². The van der Waals surface area contributed by atoms with Crippen molar-refractivity contribution in [1.29, 1.82) is 0 Å². The van der Waals surface area contributed by atoms with Gasteiger partial charge >= 0.3 is 0 Å². The van der Waals surface area contributed by atoms with Crippen LogP contribution in [0.1, 0.15) is 47.2 Å². The van der Waals surface area contributed by atoms with Gasteiger partial charge in [-0.3, -0.25) is 4.79 Å². The molecule has 0 unspecified atom stereocenters. The van der Waals surface area contributed by atoms with E-state index in [4.69, 9.17) is 5.14 Å². The van der Waals surface area contributed by atoms with Gasteiger partial charge in [-0.1, -0.05) is 12.1 Å². The maximum absolute atomic E-state index is 12.5. The third kappa shape index (κ3) is 4.81. The Hall–Kier alpha value is -1.96. The molecule has 1 aromatic heterocycles. The average Bonchev–Trinajstić information content (AvgIpc) is 2.85. The molecule has 1 aromatic carbocycles. The lowest BCUT2D eigenvalue weighted by Crippen LogP contribution is -2.25. The first-order valence-corrected chi connectivity index (χ1v) is 10.2. The minimum absolute atomic E-state index is 0.0783. The number of sulfonamides is 1. The number of benzene rings is 1. The number of carbonyl (C=O) groups excluding carboxylic acids is 1. The summed E-state index contributed by atoms with van der Waals surface area (Å²) in [4.78, 5) is 12.6. The second-order valence-corrected chi connectivity index (χ2v) is 8.35. The summed E-state index contributed by atoms with van der Waals surface area (Å²) in [5.74, 6) is 0.0783. The summed E-state index contributed by atoms with van der Waals surface area (Å²) in [7, 11) is -3.66. The second-order valence-electron chi connectivity index (χ2n) is 6.79. The fraction of sp³-hybridized carbons (Fsp3) is 0.421. The first-order valence-electron chi connectivity index (χ1n) is 8.65. The van der Waals surface area contributed by atoms with Crippen LogP contribution in [0.2, 0.25) is 0 Å². The first-order chi connectivity index (χ1) is 12.1. The largest absolute Gasteiger partial charge is 0.346 e. The molecule has 0 bridgehead atoms. The van der Waals surface area contributed by atoms with E-state index >= 15 is 0 Å². The van der Waals surface area contributed by atoms with Crippen LogP contribution in [0.5, 0.6) is 0 Å². The summed E-state index contributed by atoms with van der Waals surface area (Å²) >= 11 is 0. The van der Waals surface area contributed by atoms with Gasteiger partial charge in [0.2, 0.25) is 10.0 Å². The molecule has 0 aliphatic carbocycles. The van der Waals surface area contributed by atoms with E-state index in [0.29, 0.717) is 19.0 Å². The zero-order valence-electron chi connectivity index (χ0n) is 15.7. The number of hydrogen-bond acceptors (Lipinski definition) is 4. The summed E-state index contributed by atoms with van der Waals surface area (Å²) in [5.41, 5.74) is 3.84. The van der Waals surface area contributed by atoms with Crippen molar-refractivity contribution in [3.8, 4) is 0 Å². The molecule has 142 valence electrons. The fourth-order valence-electron chi connectivity index (χ4n) is 3.23. The molecule has 0 fully saturated rings. The molecule has 3 N–H and O–H groups in total. The summed E-state index contributed by atoms with van der Waals surface area (Å²) in [6.45, 7) is 9.11.